The first kappa shape index (κ1) is 46.5. The Hall–Kier alpha value is -8.04. The number of nitrogens with zero attached hydrogens (tertiary/aromatic N) is 4. The summed E-state index contributed by atoms with van der Waals surface area (Å²) < 4.78 is 38.4. The molecule has 0 saturated carbocycles. The molecule has 0 N–H and O–H groups in total. The van der Waals surface area contributed by atoms with Gasteiger partial charge in [-0.15, -0.1) is 0 Å². The summed E-state index contributed by atoms with van der Waals surface area (Å²) in [7, 11) is 0. The zero-order valence-electron chi connectivity index (χ0n) is 36.1. The molecule has 0 aliphatic carbocycles. The highest BCUT2D eigenvalue weighted by Crippen LogP contribution is 2.25. The van der Waals surface area contributed by atoms with Gasteiger partial charge in [-0.2, -0.15) is 20.5 Å². The maximum atomic E-state index is 12.8. The van der Waals surface area contributed by atoms with Crippen molar-refractivity contribution < 1.29 is 52.3 Å². The first-order valence-electron chi connectivity index (χ1n) is 20.7. The second-order valence-electron chi connectivity index (χ2n) is 14.1. The molecule has 0 aromatic heterocycles. The van der Waals surface area contributed by atoms with Gasteiger partial charge in [-0.05, 0) is 173 Å². The number of ether oxygens (including phenoxy) is 7. The van der Waals surface area contributed by atoms with E-state index in [1.165, 1.54) is 48.5 Å². The highest BCUT2D eigenvalue weighted by atomic mass is 16.6. The summed E-state index contributed by atoms with van der Waals surface area (Å²) in [6.45, 7) is 8.40. The van der Waals surface area contributed by atoms with Crippen molar-refractivity contribution in [1.82, 2.24) is 0 Å². The van der Waals surface area contributed by atoms with Crippen molar-refractivity contribution in [3.63, 3.8) is 0 Å². The third-order valence-electron chi connectivity index (χ3n) is 8.99. The number of hydrogen-bond acceptors (Lipinski definition) is 15. The Labute approximate surface area is 375 Å². The number of azo groups is 2. The van der Waals surface area contributed by atoms with Crippen LogP contribution in [0, 0.1) is 0 Å². The van der Waals surface area contributed by atoms with E-state index in [1.54, 1.807) is 86.6 Å². The third kappa shape index (κ3) is 14.5. The van der Waals surface area contributed by atoms with Crippen LogP contribution in [0.1, 0.15) is 69.1 Å². The molecule has 65 heavy (non-hydrogen) atoms. The molecule has 0 amide bonds. The van der Waals surface area contributed by atoms with E-state index in [0.29, 0.717) is 47.1 Å². The van der Waals surface area contributed by atoms with Crippen LogP contribution in [0.5, 0.6) is 23.0 Å². The molecule has 6 aromatic carbocycles. The van der Waals surface area contributed by atoms with E-state index >= 15 is 0 Å². The fourth-order valence-corrected chi connectivity index (χ4v) is 5.73. The molecule has 0 unspecified atom stereocenters. The van der Waals surface area contributed by atoms with Gasteiger partial charge in [-0.3, -0.25) is 0 Å². The molecule has 2 atom stereocenters. The van der Waals surface area contributed by atoms with Crippen molar-refractivity contribution in [2.45, 2.75) is 39.9 Å². The van der Waals surface area contributed by atoms with Crippen molar-refractivity contribution in [2.24, 2.45) is 20.5 Å². The first-order valence-corrected chi connectivity index (χ1v) is 20.7. The predicted molar refractivity (Wildman–Crippen MR) is 240 cm³/mol. The molecule has 0 fully saturated rings. The van der Waals surface area contributed by atoms with Gasteiger partial charge >= 0.3 is 23.9 Å². The zero-order chi connectivity index (χ0) is 46.0. The Morgan fingerprint density at radius 3 is 0.954 bits per heavy atom. The topological polar surface area (TPSA) is 182 Å². The van der Waals surface area contributed by atoms with Gasteiger partial charge < -0.3 is 33.2 Å². The van der Waals surface area contributed by atoms with Crippen LogP contribution >= 0.6 is 0 Å². The Balaban J connectivity index is 0.867. The molecular formula is C50H46N4O11. The van der Waals surface area contributed by atoms with Crippen molar-refractivity contribution in [2.75, 3.05) is 26.4 Å². The van der Waals surface area contributed by atoms with E-state index in [2.05, 4.69) is 20.5 Å². The van der Waals surface area contributed by atoms with E-state index in [1.807, 2.05) is 38.1 Å². The molecule has 6 aromatic rings. The van der Waals surface area contributed by atoms with Crippen LogP contribution < -0.4 is 18.9 Å². The zero-order valence-corrected chi connectivity index (χ0v) is 36.1. The summed E-state index contributed by atoms with van der Waals surface area (Å²) in [6.07, 6.45) is -1.25. The molecule has 0 aliphatic rings. The summed E-state index contributed by atoms with van der Waals surface area (Å²) >= 11 is 0. The molecule has 15 nitrogen and oxygen atoms in total. The lowest BCUT2D eigenvalue weighted by Crippen LogP contribution is -2.25. The normalized spacial score (nSPS) is 12.0. The average molecular weight is 879 g/mol. The van der Waals surface area contributed by atoms with E-state index in [4.69, 9.17) is 33.2 Å². The van der Waals surface area contributed by atoms with Crippen molar-refractivity contribution in [3.05, 3.63) is 168 Å². The van der Waals surface area contributed by atoms with Crippen molar-refractivity contribution in [1.29, 1.82) is 0 Å². The first-order chi connectivity index (χ1) is 31.5. The second-order valence-corrected chi connectivity index (χ2v) is 14.1. The number of esters is 4. The number of carbonyl (C=O) groups excluding carboxylic acids is 4. The fourth-order valence-electron chi connectivity index (χ4n) is 5.73. The number of rotatable bonds is 20. The Bertz CT molecular complexity index is 2380. The van der Waals surface area contributed by atoms with Crippen LogP contribution in [-0.2, 0) is 14.2 Å². The summed E-state index contributed by atoms with van der Waals surface area (Å²) in [5.41, 5.74) is 3.53. The Morgan fingerprint density at radius 2 is 0.646 bits per heavy atom. The fraction of sp³-hybridized carbons (Fsp3) is 0.200. The van der Waals surface area contributed by atoms with Crippen molar-refractivity contribution in [3.8, 4) is 23.0 Å². The van der Waals surface area contributed by atoms with E-state index in [-0.39, 0.29) is 35.8 Å². The molecular weight excluding hydrogens is 833 g/mol. The van der Waals surface area contributed by atoms with Gasteiger partial charge in [0.2, 0.25) is 0 Å². The van der Waals surface area contributed by atoms with E-state index < -0.39 is 36.1 Å². The van der Waals surface area contributed by atoms with Gasteiger partial charge in [0.15, 0.2) is 0 Å². The summed E-state index contributed by atoms with van der Waals surface area (Å²) in [5, 5.41) is 16.8. The molecule has 0 heterocycles. The van der Waals surface area contributed by atoms with Crippen molar-refractivity contribution >= 4 is 46.6 Å². The second kappa shape index (κ2) is 23.4. The largest absolute Gasteiger partial charge is 0.494 e. The Kier molecular flexibility index (Phi) is 16.7. The van der Waals surface area contributed by atoms with Crippen LogP contribution in [0.25, 0.3) is 0 Å². The summed E-state index contributed by atoms with van der Waals surface area (Å²) in [6, 6.07) is 39.3. The maximum Gasteiger partial charge on any atom is 0.343 e. The molecule has 0 saturated heterocycles. The monoisotopic (exact) mass is 878 g/mol. The van der Waals surface area contributed by atoms with Gasteiger partial charge in [0, 0.05) is 0 Å². The predicted octanol–water partition coefficient (Wildman–Crippen LogP) is 11.6. The van der Waals surface area contributed by atoms with Crippen LogP contribution in [0.3, 0.4) is 0 Å². The van der Waals surface area contributed by atoms with E-state index in [0.717, 1.165) is 11.5 Å². The molecule has 0 bridgehead atoms. The minimum Gasteiger partial charge on any atom is -0.494 e. The molecule has 0 radical (unpaired) electrons. The lowest BCUT2D eigenvalue weighted by Gasteiger charge is -2.17. The maximum absolute atomic E-state index is 12.8. The summed E-state index contributed by atoms with van der Waals surface area (Å²) in [5.74, 6) is -0.384. The number of benzene rings is 6. The minimum atomic E-state index is -0.625. The average Bonchev–Trinajstić information content (AvgIpc) is 3.32. The van der Waals surface area contributed by atoms with Gasteiger partial charge in [-0.25, -0.2) is 19.2 Å². The third-order valence-corrected chi connectivity index (χ3v) is 8.99. The van der Waals surface area contributed by atoms with Gasteiger partial charge in [0.25, 0.3) is 0 Å². The molecule has 0 spiro atoms. The molecule has 332 valence electrons. The Morgan fingerprint density at radius 1 is 0.385 bits per heavy atom. The SMILES string of the molecule is CCOc1ccc(N=Nc2ccc(C(=O)Oc3ccc(C(=O)O[C@H](C)COC[C@H](C)OC(=O)c4ccc(OC(=O)c5ccc(N=Nc6ccc(OCC)cc6)cc5)cc4)cc3)cc2)cc1. The number of carbonyl (C=O) groups is 4. The smallest absolute Gasteiger partial charge is 0.343 e. The lowest BCUT2D eigenvalue weighted by atomic mass is 10.2. The van der Waals surface area contributed by atoms with Crippen LogP contribution in [0.2, 0.25) is 0 Å². The van der Waals surface area contributed by atoms with Gasteiger partial charge in [-0.1, -0.05) is 0 Å². The van der Waals surface area contributed by atoms with Crippen LogP contribution in [0.15, 0.2) is 166 Å². The van der Waals surface area contributed by atoms with Gasteiger partial charge in [0.05, 0.1) is 71.4 Å². The van der Waals surface area contributed by atoms with E-state index in [9.17, 15) is 19.2 Å². The van der Waals surface area contributed by atoms with Crippen LogP contribution in [0.4, 0.5) is 22.7 Å². The van der Waals surface area contributed by atoms with Gasteiger partial charge in [0.1, 0.15) is 35.2 Å². The minimum absolute atomic E-state index is 0.0434. The lowest BCUT2D eigenvalue weighted by molar-refractivity contribution is -0.0262. The summed E-state index contributed by atoms with van der Waals surface area (Å²) in [4.78, 5) is 51.0. The molecule has 0 aliphatic heterocycles. The molecule has 6 rings (SSSR count). The quantitative estimate of drug-likeness (QED) is 0.0404. The highest BCUT2D eigenvalue weighted by Gasteiger charge is 2.17. The van der Waals surface area contributed by atoms with Crippen LogP contribution in [-0.4, -0.2) is 62.5 Å². The molecule has 15 heteroatoms. The standard InChI is InChI=1S/C50H46N4O11/c1-5-60-43-27-19-41(20-28-43)53-51-39-15-7-35(8-16-39)49(57)64-45-23-11-37(12-24-45)47(55)62-33(3)31-59-32-34(4)63-48(56)38-13-25-46(26-14-38)65-50(58)36-9-17-40(18-10-36)52-54-42-21-29-44(30-22-42)61-6-2/h7-30,33-34H,5-6,31-32H2,1-4H3/t33-,34+. The highest BCUT2D eigenvalue weighted by molar-refractivity contribution is 5.93. The number of hydrogen-bond donors (Lipinski definition) is 0.